The van der Waals surface area contributed by atoms with Crippen molar-refractivity contribution in [1.82, 2.24) is 0 Å². The molecular weight excluding hydrogens is 440 g/mol. The fourth-order valence-electron chi connectivity index (χ4n) is 5.01. The number of carboxylic acid groups (broad SMARTS) is 1. The lowest BCUT2D eigenvalue weighted by atomic mass is 9.70. The highest BCUT2D eigenvalue weighted by molar-refractivity contribution is 5.66. The summed E-state index contributed by atoms with van der Waals surface area (Å²) in [6, 6.07) is 12.9. The van der Waals surface area contributed by atoms with E-state index in [1.807, 2.05) is 19.1 Å². The Hall–Kier alpha value is -2.63. The standard InChI is InChI=1S/C30H40O5/c1-5-30(6-2,24-9-8-23(21(3)18-24)14-17-29(34)15-7-16-29)25-10-12-27(22(4)19-25)35-20-26(31)11-13-28(32)33/h8-10,12,14,17-19,26,31,34H,5-7,11,13,15-16,20H2,1-4H3,(H,32,33)/t26-/m0/s1. The highest BCUT2D eigenvalue weighted by Crippen LogP contribution is 2.41. The molecule has 1 saturated carbocycles. The van der Waals surface area contributed by atoms with Crippen molar-refractivity contribution >= 4 is 12.0 Å². The predicted molar refractivity (Wildman–Crippen MR) is 140 cm³/mol. The van der Waals surface area contributed by atoms with Gasteiger partial charge in [-0.15, -0.1) is 0 Å². The zero-order valence-electron chi connectivity index (χ0n) is 21.5. The van der Waals surface area contributed by atoms with Crippen molar-refractivity contribution in [1.29, 1.82) is 0 Å². The van der Waals surface area contributed by atoms with E-state index in [1.165, 1.54) is 16.7 Å². The smallest absolute Gasteiger partial charge is 0.303 e. The number of aliphatic carboxylic acids is 1. The molecule has 1 atom stereocenters. The van der Waals surface area contributed by atoms with Crippen LogP contribution in [0.25, 0.3) is 6.08 Å². The first-order valence-corrected chi connectivity index (χ1v) is 12.8. The first-order chi connectivity index (χ1) is 16.6. The maximum Gasteiger partial charge on any atom is 0.303 e. The molecule has 5 nitrogen and oxygen atoms in total. The number of rotatable bonds is 12. The van der Waals surface area contributed by atoms with E-state index in [1.54, 1.807) is 0 Å². The lowest BCUT2D eigenvalue weighted by Crippen LogP contribution is -2.33. The molecule has 0 aliphatic heterocycles. The average Bonchev–Trinajstić information content (AvgIpc) is 2.81. The third kappa shape index (κ3) is 6.33. The molecule has 35 heavy (non-hydrogen) atoms. The van der Waals surface area contributed by atoms with Gasteiger partial charge >= 0.3 is 5.97 Å². The maximum absolute atomic E-state index is 10.7. The molecule has 1 aliphatic carbocycles. The molecule has 1 fully saturated rings. The molecule has 0 heterocycles. The Bertz CT molecular complexity index is 1050. The van der Waals surface area contributed by atoms with E-state index in [2.05, 4.69) is 57.2 Å². The first-order valence-electron chi connectivity index (χ1n) is 12.8. The Morgan fingerprint density at radius 2 is 1.71 bits per heavy atom. The van der Waals surface area contributed by atoms with E-state index in [0.717, 1.165) is 43.2 Å². The normalized spacial score (nSPS) is 16.2. The monoisotopic (exact) mass is 480 g/mol. The third-order valence-corrected chi connectivity index (χ3v) is 7.67. The molecule has 0 aromatic heterocycles. The minimum atomic E-state index is -0.921. The minimum absolute atomic E-state index is 0.0729. The van der Waals surface area contributed by atoms with Crippen LogP contribution in [0.5, 0.6) is 5.75 Å². The summed E-state index contributed by atoms with van der Waals surface area (Å²) in [5.74, 6) is -0.218. The van der Waals surface area contributed by atoms with E-state index in [4.69, 9.17) is 9.84 Å². The van der Waals surface area contributed by atoms with Crippen molar-refractivity contribution in [3.8, 4) is 5.75 Å². The zero-order chi connectivity index (χ0) is 25.6. The van der Waals surface area contributed by atoms with Gasteiger partial charge in [-0.25, -0.2) is 0 Å². The Kier molecular flexibility index (Phi) is 8.79. The highest BCUT2D eigenvalue weighted by Gasteiger charge is 2.32. The topological polar surface area (TPSA) is 87.0 Å². The molecule has 190 valence electrons. The van der Waals surface area contributed by atoms with Gasteiger partial charge in [-0.05, 0) is 86.3 Å². The number of hydrogen-bond donors (Lipinski definition) is 3. The van der Waals surface area contributed by atoms with Gasteiger partial charge in [-0.3, -0.25) is 4.79 Å². The van der Waals surface area contributed by atoms with Gasteiger partial charge in [0.2, 0.25) is 0 Å². The summed E-state index contributed by atoms with van der Waals surface area (Å²) >= 11 is 0. The third-order valence-electron chi connectivity index (χ3n) is 7.67. The van der Waals surface area contributed by atoms with E-state index < -0.39 is 17.7 Å². The van der Waals surface area contributed by atoms with Crippen molar-refractivity contribution in [2.24, 2.45) is 0 Å². The Labute approximate surface area is 209 Å². The number of aliphatic hydroxyl groups excluding tert-OH is 1. The molecule has 0 saturated heterocycles. The Morgan fingerprint density at radius 1 is 1.09 bits per heavy atom. The van der Waals surface area contributed by atoms with Crippen molar-refractivity contribution < 1.29 is 24.9 Å². The number of ether oxygens (including phenoxy) is 1. The minimum Gasteiger partial charge on any atom is -0.491 e. The fourth-order valence-corrected chi connectivity index (χ4v) is 5.01. The van der Waals surface area contributed by atoms with Gasteiger partial charge in [0.25, 0.3) is 0 Å². The molecule has 0 spiro atoms. The highest BCUT2D eigenvalue weighted by atomic mass is 16.5. The SMILES string of the molecule is CCC(CC)(c1ccc(C=CC2(O)CCC2)c(C)c1)c1ccc(OC[C@@H](O)CCC(=O)O)c(C)c1. The first kappa shape index (κ1) is 27.0. The van der Waals surface area contributed by atoms with Gasteiger partial charge in [-0.1, -0.05) is 56.3 Å². The number of hydrogen-bond acceptors (Lipinski definition) is 4. The van der Waals surface area contributed by atoms with Gasteiger partial charge in [0.15, 0.2) is 0 Å². The van der Waals surface area contributed by atoms with Crippen molar-refractivity contribution in [2.75, 3.05) is 6.61 Å². The number of aliphatic hydroxyl groups is 2. The second-order valence-electron chi connectivity index (χ2n) is 10.0. The molecule has 5 heteroatoms. The Balaban J connectivity index is 1.80. The molecule has 0 bridgehead atoms. The molecule has 0 unspecified atom stereocenters. The van der Waals surface area contributed by atoms with Crippen LogP contribution in [0.1, 0.15) is 86.6 Å². The van der Waals surface area contributed by atoms with Crippen LogP contribution in [-0.2, 0) is 10.2 Å². The molecule has 2 aromatic carbocycles. The van der Waals surface area contributed by atoms with Crippen molar-refractivity contribution in [3.05, 3.63) is 70.3 Å². The number of carboxylic acids is 1. The quantitative estimate of drug-likeness (QED) is 0.350. The maximum atomic E-state index is 10.7. The van der Waals surface area contributed by atoms with Crippen molar-refractivity contribution in [2.45, 2.75) is 89.8 Å². The summed E-state index contributed by atoms with van der Waals surface area (Å²) in [4.78, 5) is 10.7. The summed E-state index contributed by atoms with van der Waals surface area (Å²) in [5.41, 5.74) is 5.06. The van der Waals surface area contributed by atoms with Crippen LogP contribution in [-0.4, -0.2) is 39.6 Å². The van der Waals surface area contributed by atoms with Crippen LogP contribution >= 0.6 is 0 Å². The van der Waals surface area contributed by atoms with Crippen LogP contribution in [0.3, 0.4) is 0 Å². The summed E-state index contributed by atoms with van der Waals surface area (Å²) in [6.45, 7) is 8.64. The van der Waals surface area contributed by atoms with Gasteiger partial charge in [-0.2, -0.15) is 0 Å². The van der Waals surface area contributed by atoms with Gasteiger partial charge in [0.1, 0.15) is 12.4 Å². The summed E-state index contributed by atoms with van der Waals surface area (Å²) < 4.78 is 5.80. The summed E-state index contributed by atoms with van der Waals surface area (Å²) in [6.07, 6.45) is 7.96. The van der Waals surface area contributed by atoms with Crippen LogP contribution < -0.4 is 4.74 Å². The summed E-state index contributed by atoms with van der Waals surface area (Å²) in [5, 5.41) is 29.2. The number of carbonyl (C=O) groups is 1. The van der Waals surface area contributed by atoms with Crippen molar-refractivity contribution in [3.63, 3.8) is 0 Å². The zero-order valence-corrected chi connectivity index (χ0v) is 21.5. The second kappa shape index (κ2) is 11.4. The lowest BCUT2D eigenvalue weighted by Gasteiger charge is -2.34. The summed E-state index contributed by atoms with van der Waals surface area (Å²) in [7, 11) is 0. The van der Waals surface area contributed by atoms with Gasteiger partial charge in [0, 0.05) is 11.8 Å². The van der Waals surface area contributed by atoms with Gasteiger partial charge < -0.3 is 20.1 Å². The molecular formula is C30H40O5. The number of benzene rings is 2. The molecule has 0 radical (unpaired) electrons. The molecule has 1 aliphatic rings. The van der Waals surface area contributed by atoms with E-state index in [-0.39, 0.29) is 24.9 Å². The largest absolute Gasteiger partial charge is 0.491 e. The van der Waals surface area contributed by atoms with E-state index in [0.29, 0.717) is 5.75 Å². The second-order valence-corrected chi connectivity index (χ2v) is 10.0. The molecule has 3 rings (SSSR count). The van der Waals surface area contributed by atoms with Crippen LogP contribution in [0.15, 0.2) is 42.5 Å². The van der Waals surface area contributed by atoms with Crippen LogP contribution in [0.4, 0.5) is 0 Å². The molecule has 0 amide bonds. The van der Waals surface area contributed by atoms with Crippen LogP contribution in [0.2, 0.25) is 0 Å². The fraction of sp³-hybridized carbons (Fsp3) is 0.500. The average molecular weight is 481 g/mol. The molecule has 3 N–H and O–H groups in total. The number of aryl methyl sites for hydroxylation is 2. The van der Waals surface area contributed by atoms with Crippen LogP contribution in [0, 0.1) is 13.8 Å². The van der Waals surface area contributed by atoms with Gasteiger partial charge in [0.05, 0.1) is 11.7 Å². The van der Waals surface area contributed by atoms with E-state index >= 15 is 0 Å². The predicted octanol–water partition coefficient (Wildman–Crippen LogP) is 5.94. The molecule has 2 aromatic rings. The lowest BCUT2D eigenvalue weighted by molar-refractivity contribution is -0.137. The Morgan fingerprint density at radius 3 is 2.23 bits per heavy atom. The van der Waals surface area contributed by atoms with E-state index in [9.17, 15) is 15.0 Å².